The van der Waals surface area contributed by atoms with Crippen LogP contribution in [0.1, 0.15) is 19.8 Å². The molecule has 5 rings (SSSR count). The number of rotatable bonds is 7. The number of fused-ring (bicyclic) bond motifs is 2. The van der Waals surface area contributed by atoms with E-state index in [1.54, 1.807) is 0 Å². The lowest BCUT2D eigenvalue weighted by molar-refractivity contribution is 0.309. The van der Waals surface area contributed by atoms with Crippen LogP contribution >= 0.6 is 31.9 Å². The summed E-state index contributed by atoms with van der Waals surface area (Å²) >= 11 is 7.49. The Hall–Kier alpha value is -2.82. The summed E-state index contributed by atoms with van der Waals surface area (Å²) in [4.78, 5) is 2.34. The summed E-state index contributed by atoms with van der Waals surface area (Å²) in [5, 5.41) is 4.76. The normalized spacial score (nSPS) is 11.1. The zero-order valence-electron chi connectivity index (χ0n) is 19.0. The van der Waals surface area contributed by atoms with Crippen molar-refractivity contribution >= 4 is 70.5 Å². The van der Waals surface area contributed by atoms with Gasteiger partial charge in [-0.1, -0.05) is 93.7 Å². The molecule has 0 heterocycles. The monoisotopic (exact) mass is 573 g/mol. The Morgan fingerprint density at radius 3 is 2.18 bits per heavy atom. The highest BCUT2D eigenvalue weighted by molar-refractivity contribution is 9.11. The lowest BCUT2D eigenvalue weighted by atomic mass is 10.0. The SMILES string of the molecule is CCCCOc1ccc(N(c2cc(Br)cc3ccccc23)c2ccc(Br)c3ccccc23)cc1. The summed E-state index contributed by atoms with van der Waals surface area (Å²) in [5.41, 5.74) is 3.33. The molecule has 0 atom stereocenters. The molecule has 5 aromatic carbocycles. The van der Waals surface area contributed by atoms with Crippen LogP contribution in [0.3, 0.4) is 0 Å². The van der Waals surface area contributed by atoms with Crippen LogP contribution in [0, 0.1) is 0 Å². The molecule has 0 aliphatic heterocycles. The minimum Gasteiger partial charge on any atom is -0.494 e. The van der Waals surface area contributed by atoms with E-state index in [9.17, 15) is 0 Å². The molecule has 4 heteroatoms. The largest absolute Gasteiger partial charge is 0.494 e. The second-order valence-electron chi connectivity index (χ2n) is 8.29. The topological polar surface area (TPSA) is 12.5 Å². The highest BCUT2D eigenvalue weighted by Gasteiger charge is 2.19. The third kappa shape index (κ3) is 4.57. The average molecular weight is 575 g/mol. The molecular weight excluding hydrogens is 550 g/mol. The van der Waals surface area contributed by atoms with E-state index in [1.165, 1.54) is 21.5 Å². The number of hydrogen-bond acceptors (Lipinski definition) is 2. The Morgan fingerprint density at radius 1 is 0.706 bits per heavy atom. The van der Waals surface area contributed by atoms with Crippen molar-refractivity contribution in [3.05, 3.63) is 106 Å². The highest BCUT2D eigenvalue weighted by atomic mass is 79.9. The van der Waals surface area contributed by atoms with E-state index in [0.717, 1.165) is 51.2 Å². The van der Waals surface area contributed by atoms with Crippen molar-refractivity contribution in [1.29, 1.82) is 0 Å². The first kappa shape index (κ1) is 22.9. The zero-order valence-corrected chi connectivity index (χ0v) is 22.1. The highest BCUT2D eigenvalue weighted by Crippen LogP contribution is 2.44. The molecule has 0 aliphatic rings. The van der Waals surface area contributed by atoms with Crippen LogP contribution in [0.4, 0.5) is 17.1 Å². The number of unbranched alkanes of at least 4 members (excludes halogenated alkanes) is 1. The fourth-order valence-electron chi connectivity index (χ4n) is 4.31. The van der Waals surface area contributed by atoms with E-state index >= 15 is 0 Å². The molecule has 0 N–H and O–H groups in total. The van der Waals surface area contributed by atoms with Crippen LogP contribution in [0.2, 0.25) is 0 Å². The Labute approximate surface area is 217 Å². The molecule has 2 nitrogen and oxygen atoms in total. The number of halogens is 2. The van der Waals surface area contributed by atoms with Gasteiger partial charge in [-0.05, 0) is 65.7 Å². The van der Waals surface area contributed by atoms with Crippen molar-refractivity contribution in [3.63, 3.8) is 0 Å². The fourth-order valence-corrected chi connectivity index (χ4v) is 5.26. The predicted octanol–water partition coefficient (Wildman–Crippen LogP) is 10.2. The minimum atomic E-state index is 0.743. The van der Waals surface area contributed by atoms with Gasteiger partial charge in [0.1, 0.15) is 5.75 Å². The summed E-state index contributed by atoms with van der Waals surface area (Å²) in [6, 6.07) is 34.2. The smallest absolute Gasteiger partial charge is 0.119 e. The molecule has 0 saturated carbocycles. The van der Waals surface area contributed by atoms with Gasteiger partial charge in [0.2, 0.25) is 0 Å². The molecule has 0 aliphatic carbocycles. The van der Waals surface area contributed by atoms with E-state index < -0.39 is 0 Å². The Balaban J connectivity index is 1.72. The maximum absolute atomic E-state index is 5.94. The summed E-state index contributed by atoms with van der Waals surface area (Å²) in [6.07, 6.45) is 2.18. The third-order valence-electron chi connectivity index (χ3n) is 6.00. The third-order valence-corrected chi connectivity index (χ3v) is 7.15. The average Bonchev–Trinajstić information content (AvgIpc) is 2.86. The molecule has 0 radical (unpaired) electrons. The standard InChI is InChI=1S/C30H25Br2NO/c1-2-3-18-34-24-14-12-23(13-15-24)33(29-17-16-28(32)26-10-6-7-11-27(26)29)30-20-22(31)19-21-8-4-5-9-25(21)30/h4-17,19-20H,2-3,18H2,1H3. The number of anilines is 3. The van der Waals surface area contributed by atoms with Gasteiger partial charge in [0.15, 0.2) is 0 Å². The molecule has 0 fully saturated rings. The van der Waals surface area contributed by atoms with Gasteiger partial charge >= 0.3 is 0 Å². The van der Waals surface area contributed by atoms with Gasteiger partial charge in [0.25, 0.3) is 0 Å². The maximum Gasteiger partial charge on any atom is 0.119 e. The quantitative estimate of drug-likeness (QED) is 0.179. The molecule has 34 heavy (non-hydrogen) atoms. The molecule has 170 valence electrons. The van der Waals surface area contributed by atoms with Gasteiger partial charge in [0, 0.05) is 25.4 Å². The number of ether oxygens (including phenoxy) is 1. The van der Waals surface area contributed by atoms with Gasteiger partial charge in [0.05, 0.1) is 18.0 Å². The van der Waals surface area contributed by atoms with Crippen LogP contribution < -0.4 is 9.64 Å². The van der Waals surface area contributed by atoms with Crippen LogP contribution in [-0.4, -0.2) is 6.61 Å². The van der Waals surface area contributed by atoms with Gasteiger partial charge in [-0.25, -0.2) is 0 Å². The fraction of sp³-hybridized carbons (Fsp3) is 0.133. The lowest BCUT2D eigenvalue weighted by Gasteiger charge is -2.28. The van der Waals surface area contributed by atoms with Crippen LogP contribution in [0.25, 0.3) is 21.5 Å². The van der Waals surface area contributed by atoms with Crippen molar-refractivity contribution in [2.45, 2.75) is 19.8 Å². The van der Waals surface area contributed by atoms with E-state index in [1.807, 2.05) is 0 Å². The summed E-state index contributed by atoms with van der Waals surface area (Å²) in [6.45, 7) is 2.92. The first-order valence-corrected chi connectivity index (χ1v) is 13.1. The van der Waals surface area contributed by atoms with Gasteiger partial charge in [-0.3, -0.25) is 0 Å². The minimum absolute atomic E-state index is 0.743. The Morgan fingerprint density at radius 2 is 1.41 bits per heavy atom. The Kier molecular flexibility index (Phi) is 6.89. The van der Waals surface area contributed by atoms with Crippen molar-refractivity contribution in [2.75, 3.05) is 11.5 Å². The van der Waals surface area contributed by atoms with E-state index in [4.69, 9.17) is 4.74 Å². The molecule has 0 bridgehead atoms. The van der Waals surface area contributed by atoms with Crippen molar-refractivity contribution < 1.29 is 4.74 Å². The van der Waals surface area contributed by atoms with E-state index in [0.29, 0.717) is 0 Å². The number of nitrogens with zero attached hydrogens (tertiary/aromatic N) is 1. The van der Waals surface area contributed by atoms with Crippen LogP contribution in [0.15, 0.2) is 106 Å². The summed E-state index contributed by atoms with van der Waals surface area (Å²) in [7, 11) is 0. The van der Waals surface area contributed by atoms with Crippen molar-refractivity contribution in [3.8, 4) is 5.75 Å². The molecule has 0 unspecified atom stereocenters. The van der Waals surface area contributed by atoms with Gasteiger partial charge in [-0.15, -0.1) is 0 Å². The number of benzene rings is 5. The lowest BCUT2D eigenvalue weighted by Crippen LogP contribution is -2.11. The van der Waals surface area contributed by atoms with Gasteiger partial charge < -0.3 is 9.64 Å². The molecule has 0 saturated heterocycles. The van der Waals surface area contributed by atoms with Crippen molar-refractivity contribution in [2.24, 2.45) is 0 Å². The molecule has 0 spiro atoms. The Bertz CT molecular complexity index is 1450. The first-order chi connectivity index (χ1) is 16.7. The van der Waals surface area contributed by atoms with Crippen LogP contribution in [0.5, 0.6) is 5.75 Å². The second-order valence-corrected chi connectivity index (χ2v) is 10.1. The number of hydrogen-bond donors (Lipinski definition) is 0. The molecule has 0 amide bonds. The second kappa shape index (κ2) is 10.2. The summed E-state index contributed by atoms with van der Waals surface area (Å²) < 4.78 is 8.07. The van der Waals surface area contributed by atoms with E-state index in [-0.39, 0.29) is 0 Å². The first-order valence-electron chi connectivity index (χ1n) is 11.5. The molecule has 0 aromatic heterocycles. The predicted molar refractivity (Wildman–Crippen MR) is 152 cm³/mol. The van der Waals surface area contributed by atoms with Gasteiger partial charge in [-0.2, -0.15) is 0 Å². The van der Waals surface area contributed by atoms with Crippen molar-refractivity contribution in [1.82, 2.24) is 0 Å². The molecular formula is C30H25Br2NO. The molecule has 5 aromatic rings. The summed E-state index contributed by atoms with van der Waals surface area (Å²) in [5.74, 6) is 0.900. The van der Waals surface area contributed by atoms with Crippen LogP contribution in [-0.2, 0) is 0 Å². The maximum atomic E-state index is 5.94. The zero-order chi connectivity index (χ0) is 23.5. The van der Waals surface area contributed by atoms with E-state index in [2.05, 4.69) is 141 Å².